The van der Waals surface area contributed by atoms with Gasteiger partial charge in [-0.3, -0.25) is 9.32 Å². The number of hydrogen-bond acceptors (Lipinski definition) is 4. The largest absolute Gasteiger partial charge is 0.612 e. The Labute approximate surface area is 226 Å². The molecule has 0 aromatic heterocycles. The van der Waals surface area contributed by atoms with Crippen LogP contribution in [-0.2, 0) is 25.1 Å². The smallest absolute Gasteiger partial charge is 0.469 e. The Morgan fingerprint density at radius 1 is 1.16 bits per heavy atom. The summed E-state index contributed by atoms with van der Waals surface area (Å²) in [5.74, 6) is -0.586. The molecule has 0 bridgehead atoms. The molecule has 0 saturated heterocycles. The molecule has 3 N–H and O–H groups in total. The average molecular weight is 564 g/mol. The molecule has 1 amide bonds. The normalized spacial score (nSPS) is 15.6. The van der Waals surface area contributed by atoms with E-state index in [0.29, 0.717) is 31.2 Å². The van der Waals surface area contributed by atoms with Gasteiger partial charge in [0.1, 0.15) is 12.1 Å². The summed E-state index contributed by atoms with van der Waals surface area (Å²) in [6.07, 6.45) is 5.83. The van der Waals surface area contributed by atoms with Gasteiger partial charge in [-0.25, -0.2) is 8.96 Å². The minimum Gasteiger partial charge on any atom is -0.612 e. The molecule has 1 aliphatic rings. The Hall–Kier alpha value is -2.26. The van der Waals surface area contributed by atoms with Crippen molar-refractivity contribution in [2.24, 2.45) is 0 Å². The highest BCUT2D eigenvalue weighted by atomic mass is 32.2. The molecule has 1 unspecified atom stereocenters. The maximum absolute atomic E-state index is 14.3. The second kappa shape index (κ2) is 12.7. The van der Waals surface area contributed by atoms with Crippen LogP contribution in [0.3, 0.4) is 0 Å². The number of benzene rings is 2. The quantitative estimate of drug-likeness (QED) is 0.169. The van der Waals surface area contributed by atoms with Gasteiger partial charge in [-0.15, -0.1) is 0 Å². The Morgan fingerprint density at radius 3 is 2.39 bits per heavy atom. The van der Waals surface area contributed by atoms with E-state index in [2.05, 4.69) is 9.84 Å². The van der Waals surface area contributed by atoms with Gasteiger partial charge in [0.15, 0.2) is 4.90 Å². The van der Waals surface area contributed by atoms with Gasteiger partial charge in [0.05, 0.1) is 13.0 Å². The van der Waals surface area contributed by atoms with Crippen LogP contribution in [0.5, 0.6) is 0 Å². The lowest BCUT2D eigenvalue weighted by Gasteiger charge is -2.33. The van der Waals surface area contributed by atoms with E-state index < -0.39 is 24.5 Å². The molecule has 7 nitrogen and oxygen atoms in total. The fourth-order valence-electron chi connectivity index (χ4n) is 4.84. The summed E-state index contributed by atoms with van der Waals surface area (Å²) in [5, 5.41) is 3.14. The van der Waals surface area contributed by atoms with Gasteiger partial charge in [-0.1, -0.05) is 19.9 Å². The van der Waals surface area contributed by atoms with Crippen LogP contribution in [0, 0.1) is 5.82 Å². The van der Waals surface area contributed by atoms with Gasteiger partial charge in [0.25, 0.3) is 0 Å². The fraction of sp³-hybridized carbons (Fsp3) is 0.393. The predicted molar refractivity (Wildman–Crippen MR) is 149 cm³/mol. The number of halogens is 1. The van der Waals surface area contributed by atoms with Crippen molar-refractivity contribution in [1.29, 1.82) is 0 Å². The zero-order chi connectivity index (χ0) is 28.1. The number of amides is 1. The van der Waals surface area contributed by atoms with Crippen molar-refractivity contribution in [2.45, 2.75) is 63.3 Å². The lowest BCUT2D eigenvalue weighted by atomic mass is 9.87. The summed E-state index contributed by atoms with van der Waals surface area (Å²) in [6, 6.07) is 12.0. The van der Waals surface area contributed by atoms with E-state index in [-0.39, 0.29) is 24.8 Å². The van der Waals surface area contributed by atoms with Gasteiger partial charge < -0.3 is 19.7 Å². The highest BCUT2D eigenvalue weighted by molar-refractivity contribution is 7.90. The topological polar surface area (TPSA) is 119 Å². The molecule has 0 radical (unpaired) electrons. The summed E-state index contributed by atoms with van der Waals surface area (Å²) in [6.45, 7) is 5.73. The fourth-order valence-corrected chi connectivity index (χ4v) is 5.73. The molecule has 0 fully saturated rings. The van der Waals surface area contributed by atoms with Crippen molar-refractivity contribution in [3.8, 4) is 0 Å². The van der Waals surface area contributed by atoms with E-state index >= 15 is 0 Å². The first-order valence-corrected chi connectivity index (χ1v) is 15.6. The Kier molecular flexibility index (Phi) is 10.1. The predicted octanol–water partition coefficient (Wildman–Crippen LogP) is 5.85. The van der Waals surface area contributed by atoms with Crippen molar-refractivity contribution in [3.63, 3.8) is 0 Å². The van der Waals surface area contributed by atoms with E-state index in [9.17, 15) is 18.3 Å². The highest BCUT2D eigenvalue weighted by Crippen LogP contribution is 2.44. The third-order valence-electron chi connectivity index (χ3n) is 7.13. The molecular weight excluding hydrogens is 528 g/mol. The lowest BCUT2D eigenvalue weighted by molar-refractivity contribution is -0.122. The first-order valence-electron chi connectivity index (χ1n) is 12.5. The van der Waals surface area contributed by atoms with Crippen LogP contribution in [0.2, 0.25) is 0 Å². The van der Waals surface area contributed by atoms with E-state index in [1.165, 1.54) is 12.1 Å². The number of nitrogens with one attached hydrogen (secondary N) is 1. The van der Waals surface area contributed by atoms with Crippen molar-refractivity contribution in [1.82, 2.24) is 5.32 Å². The molecule has 2 aromatic rings. The van der Waals surface area contributed by atoms with Crippen LogP contribution in [0.15, 0.2) is 52.9 Å². The Balaban J connectivity index is 1.84. The van der Waals surface area contributed by atoms with Crippen LogP contribution >= 0.6 is 7.82 Å². The average Bonchev–Trinajstić information content (AvgIpc) is 3.10. The summed E-state index contributed by atoms with van der Waals surface area (Å²) < 4.78 is 41.5. The standard InChI is InChI=1S/C28H35FNO6PS/c1-5-28(6-2,14-7-15-36-37(32,33)34)30-27(31)18-25-19(3)24(23-13-10-21(29)17-26(23)25)16-20-8-11-22(12-9-20)38(4)35/h8-13,16-17H,5-7,14-15,18H2,1-4H3,(H,30,31)(H2,32,33,34)/b24-16+. The zero-order valence-corrected chi connectivity index (χ0v) is 23.8. The van der Waals surface area contributed by atoms with E-state index in [4.69, 9.17) is 9.79 Å². The highest BCUT2D eigenvalue weighted by Gasteiger charge is 2.31. The molecular formula is C28H35FNO6PS. The van der Waals surface area contributed by atoms with Crippen LogP contribution < -0.4 is 5.32 Å². The minimum absolute atomic E-state index is 0.0636. The lowest BCUT2D eigenvalue weighted by Crippen LogP contribution is -2.47. The second-order valence-corrected chi connectivity index (χ2v) is 12.1. The summed E-state index contributed by atoms with van der Waals surface area (Å²) in [4.78, 5) is 31.8. The van der Waals surface area contributed by atoms with Crippen molar-refractivity contribution >= 4 is 42.1 Å². The molecule has 38 heavy (non-hydrogen) atoms. The van der Waals surface area contributed by atoms with Crippen LogP contribution in [-0.4, -0.2) is 38.6 Å². The van der Waals surface area contributed by atoms with Gasteiger partial charge in [0, 0.05) is 5.54 Å². The maximum Gasteiger partial charge on any atom is 0.469 e. The van der Waals surface area contributed by atoms with Gasteiger partial charge in [0.2, 0.25) is 5.91 Å². The molecule has 0 heterocycles. The molecule has 0 spiro atoms. The third-order valence-corrected chi connectivity index (χ3v) is 8.59. The third kappa shape index (κ3) is 7.65. The van der Waals surface area contributed by atoms with Crippen molar-refractivity contribution in [2.75, 3.05) is 12.9 Å². The van der Waals surface area contributed by atoms with Crippen LogP contribution in [0.4, 0.5) is 4.39 Å². The molecule has 1 atom stereocenters. The summed E-state index contributed by atoms with van der Waals surface area (Å²) in [7, 11) is -4.54. The molecule has 2 aromatic carbocycles. The van der Waals surface area contributed by atoms with Crippen LogP contribution in [0.25, 0.3) is 17.2 Å². The number of rotatable bonds is 12. The second-order valence-electron chi connectivity index (χ2n) is 9.51. The van der Waals surface area contributed by atoms with Gasteiger partial charge in [-0.05, 0) is 120 Å². The molecule has 3 rings (SSSR count). The molecule has 0 aliphatic heterocycles. The zero-order valence-electron chi connectivity index (χ0n) is 22.1. The van der Waals surface area contributed by atoms with Crippen molar-refractivity contribution in [3.05, 3.63) is 70.5 Å². The van der Waals surface area contributed by atoms with Crippen LogP contribution in [0.1, 0.15) is 69.6 Å². The molecule has 1 aliphatic carbocycles. The number of hydrogen-bond donors (Lipinski definition) is 3. The number of phosphoric acid groups is 1. The summed E-state index contributed by atoms with van der Waals surface area (Å²) in [5.41, 5.74) is 4.43. The number of carbonyl (C=O) groups excluding carboxylic acids is 1. The number of phosphoric ester groups is 1. The first-order chi connectivity index (χ1) is 17.9. The SMILES string of the molecule is CCC(CC)(CCCOP(=O)(O)O)NC(=O)CC1=C(C)/C(=C\c2ccc([S+](C)[O-])cc2)c2ccc(F)cc21. The molecule has 206 valence electrons. The number of fused-ring (bicyclic) bond motifs is 1. The Bertz CT molecular complexity index is 1260. The first kappa shape index (κ1) is 30.3. The summed E-state index contributed by atoms with van der Waals surface area (Å²) >= 11 is -1.07. The Morgan fingerprint density at radius 2 is 1.82 bits per heavy atom. The van der Waals surface area contributed by atoms with Crippen molar-refractivity contribution < 1.29 is 32.6 Å². The monoisotopic (exact) mass is 563 g/mol. The molecule has 10 heteroatoms. The van der Waals surface area contributed by atoms with E-state index in [1.807, 2.05) is 51.1 Å². The minimum atomic E-state index is -4.54. The number of allylic oxidation sites excluding steroid dienone is 2. The van der Waals surface area contributed by atoms with Gasteiger partial charge >= 0.3 is 7.82 Å². The molecule has 0 saturated carbocycles. The van der Waals surface area contributed by atoms with E-state index in [0.717, 1.165) is 32.7 Å². The van der Waals surface area contributed by atoms with Gasteiger partial charge in [-0.2, -0.15) is 0 Å². The maximum atomic E-state index is 14.3. The number of carbonyl (C=O) groups is 1. The van der Waals surface area contributed by atoms with E-state index in [1.54, 1.807) is 12.3 Å².